The van der Waals surface area contributed by atoms with E-state index in [0.717, 1.165) is 4.90 Å². The highest BCUT2D eigenvalue weighted by Crippen LogP contribution is 2.44. The summed E-state index contributed by atoms with van der Waals surface area (Å²) in [6, 6.07) is 15.6. The zero-order valence-corrected chi connectivity index (χ0v) is 19.2. The molecule has 8 heteroatoms. The van der Waals surface area contributed by atoms with Gasteiger partial charge in [0.25, 0.3) is 11.7 Å². The zero-order valence-electron chi connectivity index (χ0n) is 18.4. The normalized spacial score (nSPS) is 17.2. The molecule has 1 atom stereocenters. The van der Waals surface area contributed by atoms with E-state index in [1.807, 2.05) is 0 Å². The first-order chi connectivity index (χ1) is 16.4. The molecule has 6 nitrogen and oxygen atoms in total. The maximum absolute atomic E-state index is 15.0. The minimum atomic E-state index is -1.24. The molecule has 1 fully saturated rings. The summed E-state index contributed by atoms with van der Waals surface area (Å²) in [6.45, 7) is 2.17. The van der Waals surface area contributed by atoms with Gasteiger partial charge in [-0.15, -0.1) is 0 Å². The van der Waals surface area contributed by atoms with Gasteiger partial charge in [-0.25, -0.2) is 4.39 Å². The Labute approximate surface area is 200 Å². The summed E-state index contributed by atoms with van der Waals surface area (Å²) in [6.07, 6.45) is 0. The van der Waals surface area contributed by atoms with Gasteiger partial charge in [-0.1, -0.05) is 35.9 Å². The molecule has 0 aromatic heterocycles. The van der Waals surface area contributed by atoms with Crippen molar-refractivity contribution in [1.82, 2.24) is 0 Å². The lowest BCUT2D eigenvalue weighted by Gasteiger charge is -2.26. The second-order valence-electron chi connectivity index (χ2n) is 7.47. The van der Waals surface area contributed by atoms with E-state index in [4.69, 9.17) is 21.1 Å². The molecule has 0 bridgehead atoms. The number of methoxy groups -OCH3 is 1. The molecule has 1 amide bonds. The van der Waals surface area contributed by atoms with Gasteiger partial charge in [0.1, 0.15) is 23.1 Å². The maximum atomic E-state index is 15.0. The predicted molar refractivity (Wildman–Crippen MR) is 127 cm³/mol. The molecule has 3 aromatic carbocycles. The third-order valence-corrected chi connectivity index (χ3v) is 5.81. The third kappa shape index (κ3) is 4.10. The second kappa shape index (κ2) is 9.57. The molecule has 174 valence electrons. The number of aliphatic hydroxyl groups excluding tert-OH is 1. The molecule has 0 saturated carbocycles. The van der Waals surface area contributed by atoms with Crippen LogP contribution < -0.4 is 14.4 Å². The highest BCUT2D eigenvalue weighted by atomic mass is 35.5. The van der Waals surface area contributed by atoms with Crippen LogP contribution in [0.1, 0.15) is 24.1 Å². The third-order valence-electron chi connectivity index (χ3n) is 5.48. The van der Waals surface area contributed by atoms with Gasteiger partial charge in [-0.2, -0.15) is 0 Å². The fraction of sp³-hybridized carbons (Fsp3) is 0.154. The van der Waals surface area contributed by atoms with Gasteiger partial charge in [0.2, 0.25) is 0 Å². The number of Topliss-reactive ketones (excluding diaryl/α,β-unsaturated/α-hetero) is 1. The molecule has 0 spiro atoms. The predicted octanol–water partition coefficient (Wildman–Crippen LogP) is 5.51. The summed E-state index contributed by atoms with van der Waals surface area (Å²) >= 11 is 6.32. The van der Waals surface area contributed by atoms with Gasteiger partial charge < -0.3 is 14.6 Å². The summed E-state index contributed by atoms with van der Waals surface area (Å²) in [4.78, 5) is 27.6. The van der Waals surface area contributed by atoms with Crippen molar-refractivity contribution in [3.8, 4) is 11.5 Å². The van der Waals surface area contributed by atoms with Crippen LogP contribution in [0.5, 0.6) is 11.5 Å². The van der Waals surface area contributed by atoms with Crippen LogP contribution in [0.4, 0.5) is 10.1 Å². The average molecular weight is 482 g/mol. The number of anilines is 1. The molecular formula is C26H21ClFNO5. The summed E-state index contributed by atoms with van der Waals surface area (Å²) in [7, 11) is 1.47. The highest BCUT2D eigenvalue weighted by Gasteiger charge is 2.48. The number of halogens is 2. The van der Waals surface area contributed by atoms with Crippen LogP contribution in [-0.2, 0) is 9.59 Å². The number of benzene rings is 3. The minimum Gasteiger partial charge on any atom is -0.507 e. The van der Waals surface area contributed by atoms with Gasteiger partial charge in [0.15, 0.2) is 0 Å². The fourth-order valence-corrected chi connectivity index (χ4v) is 4.14. The molecule has 1 aliphatic rings. The first kappa shape index (κ1) is 23.3. The van der Waals surface area contributed by atoms with Crippen molar-refractivity contribution in [1.29, 1.82) is 0 Å². The van der Waals surface area contributed by atoms with Gasteiger partial charge in [0, 0.05) is 22.9 Å². The Hall–Kier alpha value is -3.84. The Morgan fingerprint density at radius 3 is 2.53 bits per heavy atom. The van der Waals surface area contributed by atoms with E-state index in [1.165, 1.54) is 37.4 Å². The smallest absolute Gasteiger partial charge is 0.300 e. The van der Waals surface area contributed by atoms with E-state index < -0.39 is 29.3 Å². The topological polar surface area (TPSA) is 76.1 Å². The number of aliphatic hydroxyl groups is 1. The van der Waals surface area contributed by atoms with Gasteiger partial charge >= 0.3 is 0 Å². The minimum absolute atomic E-state index is 0.0446. The number of amides is 1. The Morgan fingerprint density at radius 1 is 1.06 bits per heavy atom. The zero-order chi connectivity index (χ0) is 24.4. The quantitative estimate of drug-likeness (QED) is 0.285. The van der Waals surface area contributed by atoms with E-state index >= 15 is 0 Å². The standard InChI is InChI=1S/C26H21ClFNO5/c1-3-34-17-11-12-20(27)19(14-17)24(30)22-23(18-9-4-5-10-21(18)28)29(26(32)25(22)31)15-7-6-8-16(13-15)33-2/h4-14,23,30H,3H2,1-2H3/b24-22+. The Kier molecular flexibility index (Phi) is 6.56. The van der Waals surface area contributed by atoms with Crippen molar-refractivity contribution in [2.75, 3.05) is 18.6 Å². The number of nitrogens with zero attached hydrogens (tertiary/aromatic N) is 1. The molecule has 4 rings (SSSR count). The van der Waals surface area contributed by atoms with E-state index in [-0.39, 0.29) is 21.7 Å². The number of rotatable bonds is 6. The van der Waals surface area contributed by atoms with E-state index in [9.17, 15) is 19.1 Å². The van der Waals surface area contributed by atoms with Gasteiger partial charge in [-0.3, -0.25) is 14.5 Å². The average Bonchev–Trinajstić information content (AvgIpc) is 3.10. The molecule has 3 aromatic rings. The second-order valence-corrected chi connectivity index (χ2v) is 7.87. The molecular weight excluding hydrogens is 461 g/mol. The lowest BCUT2D eigenvalue weighted by molar-refractivity contribution is -0.132. The van der Waals surface area contributed by atoms with Crippen LogP contribution in [0.2, 0.25) is 5.02 Å². The highest BCUT2D eigenvalue weighted by molar-refractivity contribution is 6.52. The lowest BCUT2D eigenvalue weighted by Crippen LogP contribution is -2.29. The van der Waals surface area contributed by atoms with Gasteiger partial charge in [0.05, 0.1) is 30.4 Å². The Balaban J connectivity index is 1.98. The van der Waals surface area contributed by atoms with Crippen LogP contribution in [0.3, 0.4) is 0 Å². The number of ether oxygens (including phenoxy) is 2. The number of hydrogen-bond acceptors (Lipinski definition) is 5. The Bertz CT molecular complexity index is 1310. The van der Waals surface area contributed by atoms with Crippen LogP contribution in [0.25, 0.3) is 5.76 Å². The SMILES string of the molecule is CCOc1ccc(Cl)c(/C(O)=C2\C(=O)C(=O)N(c3cccc(OC)c3)C2c2ccccc2F)c1. The van der Waals surface area contributed by atoms with Crippen LogP contribution in [0.15, 0.2) is 72.3 Å². The number of ketones is 1. The van der Waals surface area contributed by atoms with Crippen molar-refractivity contribution in [3.05, 3.63) is 94.3 Å². The molecule has 1 aliphatic heterocycles. The maximum Gasteiger partial charge on any atom is 0.300 e. The lowest BCUT2D eigenvalue weighted by atomic mass is 9.94. The molecule has 1 saturated heterocycles. The van der Waals surface area contributed by atoms with Crippen LogP contribution in [0, 0.1) is 5.82 Å². The van der Waals surface area contributed by atoms with Crippen molar-refractivity contribution in [3.63, 3.8) is 0 Å². The van der Waals surface area contributed by atoms with Crippen molar-refractivity contribution >= 4 is 34.7 Å². The van der Waals surface area contributed by atoms with Crippen molar-refractivity contribution in [2.45, 2.75) is 13.0 Å². The van der Waals surface area contributed by atoms with E-state index in [1.54, 1.807) is 43.3 Å². The molecule has 1 N–H and O–H groups in total. The van der Waals surface area contributed by atoms with Crippen LogP contribution >= 0.6 is 11.6 Å². The fourth-order valence-electron chi connectivity index (χ4n) is 3.94. The summed E-state index contributed by atoms with van der Waals surface area (Å²) in [5.74, 6) is -2.19. The van der Waals surface area contributed by atoms with Gasteiger partial charge in [-0.05, 0) is 43.3 Å². The van der Waals surface area contributed by atoms with Crippen molar-refractivity contribution in [2.24, 2.45) is 0 Å². The first-order valence-electron chi connectivity index (χ1n) is 10.5. The number of carbonyl (C=O) groups is 2. The van der Waals surface area contributed by atoms with Crippen molar-refractivity contribution < 1.29 is 28.6 Å². The van der Waals surface area contributed by atoms with E-state index in [0.29, 0.717) is 23.8 Å². The molecule has 1 unspecified atom stereocenters. The number of hydrogen-bond donors (Lipinski definition) is 1. The molecule has 1 heterocycles. The largest absolute Gasteiger partial charge is 0.507 e. The summed E-state index contributed by atoms with van der Waals surface area (Å²) < 4.78 is 25.7. The first-order valence-corrected chi connectivity index (χ1v) is 10.9. The Morgan fingerprint density at radius 2 is 1.82 bits per heavy atom. The molecule has 0 radical (unpaired) electrons. The molecule has 0 aliphatic carbocycles. The molecule has 34 heavy (non-hydrogen) atoms. The monoisotopic (exact) mass is 481 g/mol. The summed E-state index contributed by atoms with van der Waals surface area (Å²) in [5.41, 5.74) is 0.164. The summed E-state index contributed by atoms with van der Waals surface area (Å²) in [5, 5.41) is 11.4. The number of carbonyl (C=O) groups excluding carboxylic acids is 2. The van der Waals surface area contributed by atoms with E-state index in [2.05, 4.69) is 0 Å². The van der Waals surface area contributed by atoms with Crippen LogP contribution in [-0.4, -0.2) is 30.5 Å².